The van der Waals surface area contributed by atoms with Crippen LogP contribution < -0.4 is 28.7 Å². The van der Waals surface area contributed by atoms with Crippen LogP contribution >= 0.6 is 0 Å². The number of hydrogen-bond acceptors (Lipinski definition) is 18. The summed E-state index contributed by atoms with van der Waals surface area (Å²) in [5.74, 6) is -3.44. The molecule has 11 aromatic carbocycles. The van der Waals surface area contributed by atoms with Crippen molar-refractivity contribution < 1.29 is 74.3 Å². The molecule has 0 aliphatic carbocycles. The molecule has 0 fully saturated rings. The number of para-hydroxylation sites is 2. The highest BCUT2D eigenvalue weighted by Crippen LogP contribution is 2.59. The Hall–Kier alpha value is -12.4. The molecule has 112 heavy (non-hydrogen) atoms. The molecule has 564 valence electrons. The van der Waals surface area contributed by atoms with E-state index in [0.29, 0.717) is 34.4 Å². The topological polar surface area (TPSA) is 233 Å². The van der Waals surface area contributed by atoms with Gasteiger partial charge in [-0.1, -0.05) is 107 Å². The molecule has 2 aliphatic rings. The molecular formula is C88H78N6O16Si2. The van der Waals surface area contributed by atoms with Crippen LogP contribution in [0, 0.1) is 27.7 Å². The Balaban J connectivity index is 1.06. The number of benzene rings is 11. The van der Waals surface area contributed by atoms with Crippen LogP contribution in [0.15, 0.2) is 231 Å². The Kier molecular flexibility index (Phi) is 20.9. The number of imide groups is 2. The van der Waals surface area contributed by atoms with Crippen LogP contribution in [0.4, 0.5) is 11.4 Å². The van der Waals surface area contributed by atoms with Crippen LogP contribution in [0.2, 0.25) is 12.1 Å². The lowest BCUT2D eigenvalue weighted by Gasteiger charge is -2.38. The fourth-order valence-electron chi connectivity index (χ4n) is 15.0. The molecule has 13 aromatic rings. The number of carbonyl (C=O) groups excluding carboxylic acids is 6. The monoisotopic (exact) mass is 1530 g/mol. The third-order valence-electron chi connectivity index (χ3n) is 20.8. The van der Waals surface area contributed by atoms with Gasteiger partial charge in [-0.3, -0.25) is 48.5 Å². The Morgan fingerprint density at radius 2 is 0.589 bits per heavy atom. The van der Waals surface area contributed by atoms with E-state index in [9.17, 15) is 0 Å². The van der Waals surface area contributed by atoms with Crippen molar-refractivity contribution in [1.29, 1.82) is 0 Å². The summed E-state index contributed by atoms with van der Waals surface area (Å²) in [4.78, 5) is 114. The molecule has 24 heteroatoms. The van der Waals surface area contributed by atoms with Crippen LogP contribution in [0.5, 0.6) is 46.0 Å². The molecule has 0 N–H and O–H groups in total. The van der Waals surface area contributed by atoms with E-state index in [1.807, 2.05) is 88.4 Å². The minimum atomic E-state index is -3.43. The van der Waals surface area contributed by atoms with E-state index in [-0.39, 0.29) is 125 Å². The molecule has 2 atom stereocenters. The molecule has 0 saturated carbocycles. The zero-order chi connectivity index (χ0) is 78.3. The Morgan fingerprint density at radius 3 is 0.830 bits per heavy atom. The lowest BCUT2D eigenvalue weighted by atomic mass is 9.80. The van der Waals surface area contributed by atoms with Gasteiger partial charge in [0.15, 0.2) is 0 Å². The van der Waals surface area contributed by atoms with Gasteiger partial charge in [-0.2, -0.15) is 0 Å². The summed E-state index contributed by atoms with van der Waals surface area (Å²) in [6, 6.07) is 56.4. The van der Waals surface area contributed by atoms with Gasteiger partial charge >= 0.3 is 17.6 Å². The smallest absolute Gasteiger partial charge is 0.457 e. The van der Waals surface area contributed by atoms with E-state index in [1.165, 1.54) is 77.2 Å². The number of aryl methyl sites for hydroxylation is 4. The van der Waals surface area contributed by atoms with E-state index in [0.717, 1.165) is 32.1 Å². The SMILES string of the molecule is CO[Si](CCN(C(=O)C(c1ccncc1)N1C(=O)c2cc(Oc3ccc(C)cc3)c3c4c(Oc5ccc(C)cc5)cc5c6c(cc(Oc7ccc(C)cc7)c(c7c(Oc8ccc(C)cc8)cc(c2c37)C1=O)c64)C(=O)N(C(C(=O)N(CC[Si](OC)(OC)OC)c1ccccc1)c1ccncc1)C5=O)c1ccccc1)(OC)OC. The highest BCUT2D eigenvalue weighted by molar-refractivity contribution is 6.61. The molecular weight excluding hydrogens is 1450 g/mol. The molecule has 15 rings (SSSR count). The predicted molar refractivity (Wildman–Crippen MR) is 428 cm³/mol. The Labute approximate surface area is 648 Å². The van der Waals surface area contributed by atoms with Gasteiger partial charge in [-0.15, -0.1) is 0 Å². The van der Waals surface area contributed by atoms with Gasteiger partial charge in [-0.25, -0.2) is 0 Å². The van der Waals surface area contributed by atoms with Crippen LogP contribution in [0.25, 0.3) is 43.1 Å². The second kappa shape index (κ2) is 31.2. The highest BCUT2D eigenvalue weighted by atomic mass is 28.4. The number of nitrogens with zero attached hydrogens (tertiary/aromatic N) is 6. The number of anilines is 2. The third-order valence-corrected chi connectivity index (χ3v) is 26.2. The van der Waals surface area contributed by atoms with E-state index >= 15 is 28.8 Å². The highest BCUT2D eigenvalue weighted by Gasteiger charge is 2.50. The molecule has 6 amide bonds. The fourth-order valence-corrected chi connectivity index (χ4v) is 18.2. The number of rotatable bonds is 28. The van der Waals surface area contributed by atoms with Crippen molar-refractivity contribution in [3.8, 4) is 46.0 Å². The van der Waals surface area contributed by atoms with Crippen LogP contribution in [0.3, 0.4) is 0 Å². The maximum Gasteiger partial charge on any atom is 0.501 e. The summed E-state index contributed by atoms with van der Waals surface area (Å²) < 4.78 is 64.6. The molecule has 0 spiro atoms. The number of amides is 6. The molecule has 2 aromatic heterocycles. The molecule has 0 radical (unpaired) electrons. The van der Waals surface area contributed by atoms with Crippen molar-refractivity contribution in [3.63, 3.8) is 0 Å². The summed E-state index contributed by atoms with van der Waals surface area (Å²) >= 11 is 0. The molecule has 0 bridgehead atoms. The van der Waals surface area contributed by atoms with E-state index in [1.54, 1.807) is 146 Å². The zero-order valence-electron chi connectivity index (χ0n) is 63.1. The summed E-state index contributed by atoms with van der Waals surface area (Å²) in [6.07, 6.45) is 5.94. The van der Waals surface area contributed by atoms with Gasteiger partial charge in [0.1, 0.15) is 58.1 Å². The Bertz CT molecular complexity index is 5170. The van der Waals surface area contributed by atoms with E-state index in [2.05, 4.69) is 9.97 Å². The number of hydrogen-bond donors (Lipinski definition) is 0. The zero-order valence-corrected chi connectivity index (χ0v) is 65.1. The summed E-state index contributed by atoms with van der Waals surface area (Å²) in [5.41, 5.74) is 4.76. The van der Waals surface area contributed by atoms with Crippen molar-refractivity contribution in [2.45, 2.75) is 51.9 Å². The molecule has 2 aliphatic heterocycles. The molecule has 0 saturated heterocycles. The minimum absolute atomic E-state index is 0.0365. The maximum atomic E-state index is 16.9. The first-order chi connectivity index (χ1) is 54.3. The van der Waals surface area contributed by atoms with Gasteiger partial charge in [0, 0.05) is 147 Å². The van der Waals surface area contributed by atoms with Crippen LogP contribution in [-0.2, 0) is 36.1 Å². The Morgan fingerprint density at radius 1 is 0.339 bits per heavy atom. The van der Waals surface area contributed by atoms with Crippen molar-refractivity contribution in [1.82, 2.24) is 19.8 Å². The quantitative estimate of drug-likeness (QED) is 0.0192. The van der Waals surface area contributed by atoms with E-state index < -0.39 is 65.1 Å². The first kappa shape index (κ1) is 75.1. The van der Waals surface area contributed by atoms with Crippen molar-refractivity contribution >= 4 is 108 Å². The van der Waals surface area contributed by atoms with Gasteiger partial charge < -0.3 is 55.3 Å². The number of ether oxygens (including phenoxy) is 4. The largest absolute Gasteiger partial charge is 0.501 e. The van der Waals surface area contributed by atoms with E-state index in [4.69, 9.17) is 45.5 Å². The van der Waals surface area contributed by atoms with Gasteiger partial charge in [0.25, 0.3) is 35.4 Å². The van der Waals surface area contributed by atoms with Crippen LogP contribution in [0.1, 0.15) is 86.9 Å². The van der Waals surface area contributed by atoms with Crippen LogP contribution in [-0.4, -0.2) is 129 Å². The average Bonchev–Trinajstić information content (AvgIpc) is 0.669. The summed E-state index contributed by atoms with van der Waals surface area (Å²) in [6.45, 7) is 7.64. The molecule has 4 heterocycles. The first-order valence-corrected chi connectivity index (χ1v) is 40.1. The third kappa shape index (κ3) is 13.7. The lowest BCUT2D eigenvalue weighted by molar-refractivity contribution is -0.123. The lowest BCUT2D eigenvalue weighted by Crippen LogP contribution is -2.52. The maximum absolute atomic E-state index is 16.9. The summed E-state index contributed by atoms with van der Waals surface area (Å²) in [7, 11) is 2.00. The van der Waals surface area contributed by atoms with Crippen molar-refractivity contribution in [2.24, 2.45) is 0 Å². The van der Waals surface area contributed by atoms with Gasteiger partial charge in [-0.05, 0) is 160 Å². The number of carbonyl (C=O) groups is 6. The molecule has 2 unspecified atom stereocenters. The number of pyridine rings is 2. The van der Waals surface area contributed by atoms with Crippen molar-refractivity contribution in [2.75, 3.05) is 65.5 Å². The standard InChI is InChI=1S/C88H78N6O16Si2/c1-53-21-29-61(30-22-53)107-69-49-65-73-66(84(96)93(83(65)95)81(57-37-41-89-42-38-57)87(99)91(59-17-13-11-14-18-59)45-47-111(101-5,102-6)103-7)51-71(109-63-33-25-55(3)26-34-63)77-78-72(110-64-35-27-56(4)28-36-64)52-68-74-67(50-70(76(80(74)78)75(69)79(73)77)108-62-31-23-54(2)24-32-62)85(97)94(86(68)98)82(58-39-43-90-44-40-58)88(100)92(60-19-15-12-16-20-60)46-48-112(104-8,105-9)106-10/h11-44,49-52,81-82H,45-48H2,1-10H3. The average molecular weight is 1530 g/mol. The summed E-state index contributed by atoms with van der Waals surface area (Å²) in [5, 5.41) is 1.69. The normalized spacial score (nSPS) is 13.5. The number of fused-ring (bicyclic) bond motifs is 2. The molecule has 22 nitrogen and oxygen atoms in total. The minimum Gasteiger partial charge on any atom is -0.457 e. The fraction of sp³-hybridized carbons (Fsp3) is 0.182. The number of aromatic nitrogens is 2. The predicted octanol–water partition coefficient (Wildman–Crippen LogP) is 17.4. The van der Waals surface area contributed by atoms with Gasteiger partial charge in [0.2, 0.25) is 0 Å². The van der Waals surface area contributed by atoms with Gasteiger partial charge in [0.05, 0.1) is 22.3 Å². The second-order valence-electron chi connectivity index (χ2n) is 27.4. The first-order valence-electron chi connectivity index (χ1n) is 36.3. The second-order valence-corrected chi connectivity index (χ2v) is 33.6. The van der Waals surface area contributed by atoms with Crippen molar-refractivity contribution in [3.05, 3.63) is 287 Å².